The third kappa shape index (κ3) is 2.84. The van der Waals surface area contributed by atoms with Gasteiger partial charge in [0.05, 0.1) is 6.42 Å². The van der Waals surface area contributed by atoms with Crippen molar-refractivity contribution in [3.05, 3.63) is 0 Å². The second kappa shape index (κ2) is 2.61. The second-order valence-corrected chi connectivity index (χ2v) is 1.29. The van der Waals surface area contributed by atoms with Crippen molar-refractivity contribution in [2.24, 2.45) is 0 Å². The molecule has 0 saturated heterocycles. The van der Waals surface area contributed by atoms with Crippen LogP contribution in [0.3, 0.4) is 0 Å². The zero-order valence-corrected chi connectivity index (χ0v) is 4.23. The first-order valence-corrected chi connectivity index (χ1v) is 2.02. The van der Waals surface area contributed by atoms with Crippen molar-refractivity contribution in [1.82, 2.24) is 0 Å². The molecule has 0 atom stereocenters. The lowest BCUT2D eigenvalue weighted by Crippen LogP contribution is -2.22. The van der Waals surface area contributed by atoms with Crippen molar-refractivity contribution in [3.8, 4) is 0 Å². The van der Waals surface area contributed by atoms with Gasteiger partial charge in [-0.15, -0.1) is 0 Å². The van der Waals surface area contributed by atoms with Crippen LogP contribution in [0.1, 0.15) is 6.42 Å². The van der Waals surface area contributed by atoms with Crippen LogP contribution in [0.2, 0.25) is 0 Å². The van der Waals surface area contributed by atoms with Crippen molar-refractivity contribution in [3.63, 3.8) is 0 Å². The fourth-order valence-corrected chi connectivity index (χ4v) is 0.191. The minimum Gasteiger partial charge on any atom is -0.303 e. The maximum absolute atomic E-state index is 11.1. The van der Waals surface area contributed by atoms with E-state index in [0.717, 1.165) is 0 Å². The Kier molecular flexibility index (Phi) is 2.36. The molecule has 0 aliphatic heterocycles. The van der Waals surface area contributed by atoms with Crippen molar-refractivity contribution < 1.29 is 22.8 Å². The monoisotopic (exact) mass is 140 g/mol. The maximum atomic E-state index is 11.1. The van der Waals surface area contributed by atoms with Crippen LogP contribution in [0.25, 0.3) is 0 Å². The molecule has 0 radical (unpaired) electrons. The number of carbonyl (C=O) groups is 2. The summed E-state index contributed by atoms with van der Waals surface area (Å²) in [5.74, 6) is -2.00. The van der Waals surface area contributed by atoms with Crippen LogP contribution in [0.5, 0.6) is 0 Å². The number of hydrogen-bond donors (Lipinski definition) is 0. The molecule has 0 fully saturated rings. The molecule has 0 aromatic rings. The first kappa shape index (κ1) is 8.13. The Labute approximate surface area is 48.7 Å². The predicted octanol–water partition coefficient (Wildman–Crippen LogP) is 0.707. The predicted molar refractivity (Wildman–Crippen MR) is 21.7 cm³/mol. The molecule has 0 aliphatic rings. The van der Waals surface area contributed by atoms with Gasteiger partial charge in [-0.05, 0) is 0 Å². The Morgan fingerprint density at radius 1 is 1.44 bits per heavy atom. The number of rotatable bonds is 2. The van der Waals surface area contributed by atoms with Crippen molar-refractivity contribution in [2.75, 3.05) is 0 Å². The molecule has 0 amide bonds. The average Bonchev–Trinajstić information content (AvgIpc) is 1.64. The third-order valence-electron chi connectivity index (χ3n) is 0.585. The highest BCUT2D eigenvalue weighted by Crippen LogP contribution is 2.16. The molecule has 0 bridgehead atoms. The normalized spacial score (nSPS) is 11.0. The Balaban J connectivity index is 3.88. The van der Waals surface area contributed by atoms with E-state index in [-0.39, 0.29) is 6.29 Å². The summed E-state index contributed by atoms with van der Waals surface area (Å²) in [6.45, 7) is 0. The summed E-state index contributed by atoms with van der Waals surface area (Å²) in [6, 6.07) is 0. The highest BCUT2D eigenvalue weighted by atomic mass is 19.4. The van der Waals surface area contributed by atoms with E-state index in [0.29, 0.717) is 0 Å². The van der Waals surface area contributed by atoms with Gasteiger partial charge in [0.15, 0.2) is 0 Å². The number of alkyl halides is 3. The minimum atomic E-state index is -4.86. The van der Waals surface area contributed by atoms with E-state index in [1.807, 2.05) is 0 Å². The molecule has 2 nitrogen and oxygen atoms in total. The van der Waals surface area contributed by atoms with Crippen LogP contribution in [0.15, 0.2) is 0 Å². The summed E-state index contributed by atoms with van der Waals surface area (Å²) < 4.78 is 33.4. The first-order valence-electron chi connectivity index (χ1n) is 2.02. The van der Waals surface area contributed by atoms with Crippen LogP contribution in [0.4, 0.5) is 13.2 Å². The molecule has 0 aromatic carbocycles. The van der Waals surface area contributed by atoms with Gasteiger partial charge in [0, 0.05) is 0 Å². The molecule has 0 unspecified atom stereocenters. The second-order valence-electron chi connectivity index (χ2n) is 1.29. The summed E-state index contributed by atoms with van der Waals surface area (Å²) >= 11 is 0. The van der Waals surface area contributed by atoms with Gasteiger partial charge in [-0.2, -0.15) is 13.2 Å². The molecule has 0 N–H and O–H groups in total. The highest BCUT2D eigenvalue weighted by molar-refractivity contribution is 5.93. The van der Waals surface area contributed by atoms with Gasteiger partial charge < -0.3 is 4.79 Å². The Hall–Kier alpha value is -0.870. The van der Waals surface area contributed by atoms with E-state index in [2.05, 4.69) is 0 Å². The van der Waals surface area contributed by atoms with Crippen LogP contribution in [0, 0.1) is 0 Å². The molecule has 0 heterocycles. The van der Waals surface area contributed by atoms with E-state index in [4.69, 9.17) is 0 Å². The highest BCUT2D eigenvalue weighted by Gasteiger charge is 2.37. The fourth-order valence-electron chi connectivity index (χ4n) is 0.191. The van der Waals surface area contributed by atoms with E-state index >= 15 is 0 Å². The Morgan fingerprint density at radius 3 is 2.00 bits per heavy atom. The summed E-state index contributed by atoms with van der Waals surface area (Å²) in [6.07, 6.45) is -6.01. The van der Waals surface area contributed by atoms with Crippen molar-refractivity contribution in [1.29, 1.82) is 0 Å². The summed E-state index contributed by atoms with van der Waals surface area (Å²) in [5.41, 5.74) is 0. The average molecular weight is 140 g/mol. The molecule has 0 rings (SSSR count). The number of hydrogen-bond acceptors (Lipinski definition) is 2. The van der Waals surface area contributed by atoms with Gasteiger partial charge in [-0.1, -0.05) is 0 Å². The zero-order valence-electron chi connectivity index (χ0n) is 4.23. The lowest BCUT2D eigenvalue weighted by Gasteiger charge is -1.98. The first-order chi connectivity index (χ1) is 3.98. The van der Waals surface area contributed by atoms with E-state index in [1.54, 1.807) is 0 Å². The summed E-state index contributed by atoms with van der Waals surface area (Å²) in [5, 5.41) is 0. The van der Waals surface area contributed by atoms with Gasteiger partial charge in [-0.3, -0.25) is 4.79 Å². The zero-order chi connectivity index (χ0) is 7.49. The summed E-state index contributed by atoms with van der Waals surface area (Å²) in [7, 11) is 0. The maximum Gasteiger partial charge on any atom is 0.450 e. The number of halogens is 3. The third-order valence-corrected chi connectivity index (χ3v) is 0.585. The number of ketones is 1. The minimum absolute atomic E-state index is 0.0736. The van der Waals surface area contributed by atoms with Crippen LogP contribution in [-0.4, -0.2) is 18.2 Å². The summed E-state index contributed by atoms with van der Waals surface area (Å²) in [4.78, 5) is 19.0. The molecule has 0 aromatic heterocycles. The van der Waals surface area contributed by atoms with Gasteiger partial charge in [0.2, 0.25) is 5.78 Å². The molecular formula is C4H3F3O2. The van der Waals surface area contributed by atoms with Crippen molar-refractivity contribution >= 4 is 12.1 Å². The molecule has 5 heteroatoms. The quantitative estimate of drug-likeness (QED) is 0.418. The number of Topliss-reactive ketones (excluding diaryl/α,β-unsaturated/α-hetero) is 1. The van der Waals surface area contributed by atoms with Crippen LogP contribution in [-0.2, 0) is 9.59 Å². The lowest BCUT2D eigenvalue weighted by molar-refractivity contribution is -0.171. The standard InChI is InChI=1S/C4H3F3O2/c5-4(6,7)3(9)1-2-8/h2H,1H2. The van der Waals surface area contributed by atoms with E-state index in [9.17, 15) is 22.8 Å². The molecular weight excluding hydrogens is 137 g/mol. The number of aldehydes is 1. The van der Waals surface area contributed by atoms with E-state index in [1.165, 1.54) is 0 Å². The SMILES string of the molecule is O=CCC(=O)C(F)(F)F. The topological polar surface area (TPSA) is 34.1 Å². The fraction of sp³-hybridized carbons (Fsp3) is 0.500. The molecule has 0 aliphatic carbocycles. The molecule has 0 spiro atoms. The van der Waals surface area contributed by atoms with Crippen molar-refractivity contribution in [2.45, 2.75) is 12.6 Å². The van der Waals surface area contributed by atoms with Gasteiger partial charge in [0.25, 0.3) is 0 Å². The lowest BCUT2D eigenvalue weighted by atomic mass is 10.3. The molecule has 52 valence electrons. The Morgan fingerprint density at radius 2 is 1.89 bits per heavy atom. The molecule has 9 heavy (non-hydrogen) atoms. The molecule has 0 saturated carbocycles. The van der Waals surface area contributed by atoms with Crippen LogP contribution < -0.4 is 0 Å². The van der Waals surface area contributed by atoms with Crippen LogP contribution >= 0.6 is 0 Å². The van der Waals surface area contributed by atoms with Gasteiger partial charge in [0.1, 0.15) is 6.29 Å². The van der Waals surface area contributed by atoms with Gasteiger partial charge >= 0.3 is 6.18 Å². The number of carbonyl (C=O) groups excluding carboxylic acids is 2. The Bertz CT molecular complexity index is 126. The largest absolute Gasteiger partial charge is 0.450 e. The smallest absolute Gasteiger partial charge is 0.303 e. The van der Waals surface area contributed by atoms with E-state index < -0.39 is 18.4 Å². The van der Waals surface area contributed by atoms with Gasteiger partial charge in [-0.25, -0.2) is 0 Å².